The number of sulfonamides is 1. The fourth-order valence-corrected chi connectivity index (χ4v) is 5.98. The van der Waals surface area contributed by atoms with Crippen LogP contribution in [0.3, 0.4) is 0 Å². The molecular weight excluding hydrogens is 392 g/mol. The van der Waals surface area contributed by atoms with Crippen molar-refractivity contribution in [3.8, 4) is 0 Å². The van der Waals surface area contributed by atoms with Gasteiger partial charge in [0.25, 0.3) is 5.91 Å². The van der Waals surface area contributed by atoms with Crippen molar-refractivity contribution in [3.05, 3.63) is 40.1 Å². The molecule has 1 aliphatic rings. The lowest BCUT2D eigenvalue weighted by Gasteiger charge is -2.33. The van der Waals surface area contributed by atoms with Gasteiger partial charge in [-0.05, 0) is 31.2 Å². The third kappa shape index (κ3) is 3.02. The predicted octanol–water partition coefficient (Wildman–Crippen LogP) is 2.21. The SMILES string of the molecule is Cc1ccc(C(=O)N2CCN(S(=O)(=O)c3cccc4nsnc34)CC2)s1. The van der Waals surface area contributed by atoms with Gasteiger partial charge in [-0.2, -0.15) is 13.1 Å². The molecule has 3 aromatic rings. The first-order chi connectivity index (χ1) is 12.5. The van der Waals surface area contributed by atoms with Gasteiger partial charge in [0.1, 0.15) is 15.9 Å². The number of carbonyl (C=O) groups excluding carboxylic acids is 1. The molecule has 0 saturated carbocycles. The van der Waals surface area contributed by atoms with E-state index in [1.54, 1.807) is 23.1 Å². The van der Waals surface area contributed by atoms with Crippen LogP contribution in [0.1, 0.15) is 14.5 Å². The van der Waals surface area contributed by atoms with Gasteiger partial charge in [-0.1, -0.05) is 6.07 Å². The highest BCUT2D eigenvalue weighted by Gasteiger charge is 2.32. The summed E-state index contributed by atoms with van der Waals surface area (Å²) in [7, 11) is -3.67. The second kappa shape index (κ2) is 6.69. The molecule has 0 spiro atoms. The Morgan fingerprint density at radius 1 is 1.08 bits per heavy atom. The van der Waals surface area contributed by atoms with Crippen LogP contribution in [0.4, 0.5) is 0 Å². The van der Waals surface area contributed by atoms with E-state index in [2.05, 4.69) is 8.75 Å². The topological polar surface area (TPSA) is 83.5 Å². The molecule has 10 heteroatoms. The molecule has 0 aliphatic carbocycles. The number of amides is 1. The molecule has 2 aromatic heterocycles. The van der Waals surface area contributed by atoms with E-state index in [4.69, 9.17) is 0 Å². The first kappa shape index (κ1) is 17.5. The minimum atomic E-state index is -3.67. The highest BCUT2D eigenvalue weighted by Crippen LogP contribution is 2.26. The van der Waals surface area contributed by atoms with Crippen LogP contribution in [0.25, 0.3) is 11.0 Å². The first-order valence-corrected chi connectivity index (χ1v) is 11.0. The Morgan fingerprint density at radius 3 is 2.54 bits per heavy atom. The summed E-state index contributed by atoms with van der Waals surface area (Å²) in [5, 5.41) is 0. The van der Waals surface area contributed by atoms with Crippen LogP contribution in [0.2, 0.25) is 0 Å². The van der Waals surface area contributed by atoms with Crippen LogP contribution < -0.4 is 0 Å². The van der Waals surface area contributed by atoms with Crippen molar-refractivity contribution in [3.63, 3.8) is 0 Å². The zero-order chi connectivity index (χ0) is 18.3. The molecule has 4 rings (SSSR count). The van der Waals surface area contributed by atoms with Gasteiger partial charge in [0.15, 0.2) is 0 Å². The summed E-state index contributed by atoms with van der Waals surface area (Å²) in [4.78, 5) is 16.2. The van der Waals surface area contributed by atoms with Crippen molar-refractivity contribution >= 4 is 50.0 Å². The lowest BCUT2D eigenvalue weighted by Crippen LogP contribution is -2.50. The zero-order valence-electron chi connectivity index (χ0n) is 14.0. The molecule has 1 aromatic carbocycles. The van der Waals surface area contributed by atoms with Gasteiger partial charge in [0, 0.05) is 31.1 Å². The smallest absolute Gasteiger partial charge is 0.264 e. The molecular formula is C16H16N4O3S3. The molecule has 3 heterocycles. The molecule has 26 heavy (non-hydrogen) atoms. The van der Waals surface area contributed by atoms with Gasteiger partial charge in [-0.15, -0.1) is 11.3 Å². The molecule has 0 radical (unpaired) electrons. The summed E-state index contributed by atoms with van der Waals surface area (Å²) < 4.78 is 35.7. The Labute approximate surface area is 159 Å². The van der Waals surface area contributed by atoms with Crippen LogP contribution in [0.5, 0.6) is 0 Å². The predicted molar refractivity (Wildman–Crippen MR) is 101 cm³/mol. The summed E-state index contributed by atoms with van der Waals surface area (Å²) in [5.74, 6) is -0.0362. The Morgan fingerprint density at radius 2 is 1.85 bits per heavy atom. The Kier molecular flexibility index (Phi) is 4.51. The minimum Gasteiger partial charge on any atom is -0.335 e. The van der Waals surface area contributed by atoms with E-state index in [0.717, 1.165) is 16.6 Å². The highest BCUT2D eigenvalue weighted by atomic mass is 32.2. The number of benzene rings is 1. The van der Waals surface area contributed by atoms with Crippen molar-refractivity contribution in [1.29, 1.82) is 0 Å². The minimum absolute atomic E-state index is 0.0362. The van der Waals surface area contributed by atoms with Crippen LogP contribution in [-0.2, 0) is 10.0 Å². The van der Waals surface area contributed by atoms with Crippen LogP contribution in [-0.4, -0.2) is 58.5 Å². The third-order valence-corrected chi connectivity index (χ3v) is 7.81. The number of fused-ring (bicyclic) bond motifs is 1. The summed E-state index contributed by atoms with van der Waals surface area (Å²) in [5.41, 5.74) is 0.989. The lowest BCUT2D eigenvalue weighted by molar-refractivity contribution is 0.0703. The fourth-order valence-electron chi connectivity index (χ4n) is 2.97. The molecule has 1 saturated heterocycles. The maximum absolute atomic E-state index is 13.0. The number of piperazine rings is 1. The lowest BCUT2D eigenvalue weighted by atomic mass is 10.3. The molecule has 0 N–H and O–H groups in total. The molecule has 136 valence electrons. The van der Waals surface area contributed by atoms with Gasteiger partial charge in [0.2, 0.25) is 10.0 Å². The Balaban J connectivity index is 1.52. The number of aryl methyl sites for hydroxylation is 1. The van der Waals surface area contributed by atoms with Crippen molar-refractivity contribution < 1.29 is 13.2 Å². The number of nitrogens with zero attached hydrogens (tertiary/aromatic N) is 4. The average Bonchev–Trinajstić information content (AvgIpc) is 3.29. The van der Waals surface area contributed by atoms with E-state index in [1.165, 1.54) is 15.6 Å². The van der Waals surface area contributed by atoms with E-state index in [9.17, 15) is 13.2 Å². The number of rotatable bonds is 3. The number of hydrogen-bond donors (Lipinski definition) is 0. The van der Waals surface area contributed by atoms with E-state index >= 15 is 0 Å². The summed E-state index contributed by atoms with van der Waals surface area (Å²) in [6, 6.07) is 8.72. The quantitative estimate of drug-likeness (QED) is 0.663. The number of aromatic nitrogens is 2. The van der Waals surface area contributed by atoms with Gasteiger partial charge in [-0.3, -0.25) is 4.79 Å². The normalized spacial score (nSPS) is 16.3. The van der Waals surface area contributed by atoms with Crippen molar-refractivity contribution in [2.24, 2.45) is 0 Å². The van der Waals surface area contributed by atoms with Gasteiger partial charge < -0.3 is 4.90 Å². The molecule has 0 atom stereocenters. The number of carbonyl (C=O) groups is 1. The molecule has 0 unspecified atom stereocenters. The molecule has 0 bridgehead atoms. The van der Waals surface area contributed by atoms with E-state index < -0.39 is 10.0 Å². The van der Waals surface area contributed by atoms with Crippen LogP contribution in [0.15, 0.2) is 35.2 Å². The van der Waals surface area contributed by atoms with Crippen molar-refractivity contribution in [2.75, 3.05) is 26.2 Å². The number of thiophene rings is 1. The average molecular weight is 409 g/mol. The van der Waals surface area contributed by atoms with E-state index in [0.29, 0.717) is 29.0 Å². The van der Waals surface area contributed by atoms with Gasteiger partial charge in [-0.25, -0.2) is 8.42 Å². The van der Waals surface area contributed by atoms with Crippen molar-refractivity contribution in [2.45, 2.75) is 11.8 Å². The third-order valence-electron chi connectivity index (χ3n) is 4.34. The molecule has 1 amide bonds. The van der Waals surface area contributed by atoms with E-state index in [1.807, 2.05) is 19.1 Å². The largest absolute Gasteiger partial charge is 0.335 e. The number of hydrogen-bond acceptors (Lipinski definition) is 7. The van der Waals surface area contributed by atoms with Crippen LogP contribution >= 0.6 is 23.1 Å². The molecule has 7 nitrogen and oxygen atoms in total. The summed E-state index contributed by atoms with van der Waals surface area (Å²) in [6.07, 6.45) is 0. The maximum Gasteiger partial charge on any atom is 0.264 e. The van der Waals surface area contributed by atoms with Crippen molar-refractivity contribution in [1.82, 2.24) is 18.0 Å². The first-order valence-electron chi connectivity index (χ1n) is 8.04. The van der Waals surface area contributed by atoms with Crippen LogP contribution in [0, 0.1) is 6.92 Å². The van der Waals surface area contributed by atoms with Gasteiger partial charge in [0.05, 0.1) is 16.6 Å². The Bertz CT molecular complexity index is 1070. The van der Waals surface area contributed by atoms with Gasteiger partial charge >= 0.3 is 0 Å². The van der Waals surface area contributed by atoms with E-state index in [-0.39, 0.29) is 23.9 Å². The zero-order valence-corrected chi connectivity index (χ0v) is 16.4. The highest BCUT2D eigenvalue weighted by molar-refractivity contribution is 7.89. The molecule has 1 aliphatic heterocycles. The Hall–Kier alpha value is -1.88. The second-order valence-corrected chi connectivity index (χ2v) is 9.72. The second-order valence-electron chi connectivity index (χ2n) is 5.99. The maximum atomic E-state index is 13.0. The summed E-state index contributed by atoms with van der Waals surface area (Å²) >= 11 is 2.46. The summed E-state index contributed by atoms with van der Waals surface area (Å²) in [6.45, 7) is 3.25. The molecule has 1 fully saturated rings. The fraction of sp³-hybridized carbons (Fsp3) is 0.312. The monoisotopic (exact) mass is 408 g/mol. The standard InChI is InChI=1S/C16H16N4O3S3/c1-11-5-6-13(24-11)16(21)19-7-9-20(10-8-19)26(22,23)14-4-2-3-12-15(14)18-25-17-12/h2-6H,7-10H2,1H3.